The predicted molar refractivity (Wildman–Crippen MR) is 88.0 cm³/mol. The van der Waals surface area contributed by atoms with Gasteiger partial charge in [0.05, 0.1) is 19.9 Å². The number of nitriles is 1. The third kappa shape index (κ3) is 3.69. The molecule has 0 saturated heterocycles. The molecule has 1 N–H and O–H groups in total. The molecule has 0 amide bonds. The molecule has 1 heterocycles. The number of rotatable bonds is 6. The van der Waals surface area contributed by atoms with Crippen LogP contribution in [0.2, 0.25) is 0 Å². The number of hydrogen-bond acceptors (Lipinski definition) is 6. The van der Waals surface area contributed by atoms with Gasteiger partial charge in [-0.15, -0.1) is 5.10 Å². The van der Waals surface area contributed by atoms with Crippen LogP contribution < -0.4 is 14.8 Å². The van der Waals surface area contributed by atoms with Crippen LogP contribution in [0.5, 0.6) is 11.5 Å². The zero-order valence-electron chi connectivity index (χ0n) is 13.8. The highest BCUT2D eigenvalue weighted by Gasteiger charge is 2.10. The Morgan fingerprint density at radius 2 is 1.87 bits per heavy atom. The van der Waals surface area contributed by atoms with E-state index in [4.69, 9.17) is 9.47 Å². The van der Waals surface area contributed by atoms with Crippen molar-refractivity contribution in [3.63, 3.8) is 0 Å². The lowest BCUT2D eigenvalue weighted by Crippen LogP contribution is -2.10. The van der Waals surface area contributed by atoms with Crippen LogP contribution in [0.15, 0.2) is 18.2 Å². The van der Waals surface area contributed by atoms with Gasteiger partial charge in [-0.25, -0.2) is 0 Å². The summed E-state index contributed by atoms with van der Waals surface area (Å²) in [5.41, 5.74) is 3.28. The van der Waals surface area contributed by atoms with E-state index in [0.717, 1.165) is 23.2 Å². The maximum absolute atomic E-state index is 9.28. The van der Waals surface area contributed by atoms with E-state index in [1.165, 1.54) is 0 Å². The molecule has 0 aliphatic rings. The minimum atomic E-state index is 0.524. The lowest BCUT2D eigenvalue weighted by atomic mass is 10.1. The second-order valence-corrected chi connectivity index (χ2v) is 5.11. The zero-order valence-corrected chi connectivity index (χ0v) is 13.8. The average Bonchev–Trinajstić information content (AvgIpc) is 2.58. The SMILES string of the molecule is COc1ccc(CCNc2nnc(C)c(C)c2C#N)cc1OC. The first kappa shape index (κ1) is 16.6. The smallest absolute Gasteiger partial charge is 0.166 e. The maximum Gasteiger partial charge on any atom is 0.166 e. The van der Waals surface area contributed by atoms with Crippen LogP contribution in [0.3, 0.4) is 0 Å². The Morgan fingerprint density at radius 1 is 1.13 bits per heavy atom. The average molecular weight is 312 g/mol. The van der Waals surface area contributed by atoms with E-state index in [1.807, 2.05) is 32.0 Å². The third-order valence-corrected chi connectivity index (χ3v) is 3.72. The first-order valence-electron chi connectivity index (χ1n) is 7.29. The van der Waals surface area contributed by atoms with Gasteiger partial charge in [0, 0.05) is 6.54 Å². The van der Waals surface area contributed by atoms with Crippen LogP contribution in [-0.2, 0) is 6.42 Å². The molecule has 0 spiro atoms. The van der Waals surface area contributed by atoms with Crippen molar-refractivity contribution in [3.05, 3.63) is 40.6 Å². The van der Waals surface area contributed by atoms with E-state index in [0.29, 0.717) is 29.4 Å². The minimum Gasteiger partial charge on any atom is -0.493 e. The van der Waals surface area contributed by atoms with Gasteiger partial charge in [0.15, 0.2) is 17.3 Å². The first-order chi connectivity index (χ1) is 11.1. The summed E-state index contributed by atoms with van der Waals surface area (Å²) in [5.74, 6) is 1.93. The highest BCUT2D eigenvalue weighted by atomic mass is 16.5. The fraction of sp³-hybridized carbons (Fsp3) is 0.353. The molecule has 2 aromatic rings. The molecule has 0 fully saturated rings. The molecule has 120 valence electrons. The van der Waals surface area contributed by atoms with Gasteiger partial charge < -0.3 is 14.8 Å². The van der Waals surface area contributed by atoms with Gasteiger partial charge in [0.25, 0.3) is 0 Å². The molecule has 23 heavy (non-hydrogen) atoms. The lowest BCUT2D eigenvalue weighted by Gasteiger charge is -2.11. The highest BCUT2D eigenvalue weighted by molar-refractivity contribution is 5.55. The summed E-state index contributed by atoms with van der Waals surface area (Å²) >= 11 is 0. The Labute approximate surface area is 136 Å². The molecule has 6 nitrogen and oxygen atoms in total. The van der Waals surface area contributed by atoms with Crippen LogP contribution in [0, 0.1) is 25.2 Å². The topological polar surface area (TPSA) is 80.1 Å². The molecule has 0 aliphatic carbocycles. The van der Waals surface area contributed by atoms with Crippen LogP contribution in [0.1, 0.15) is 22.4 Å². The van der Waals surface area contributed by atoms with Crippen molar-refractivity contribution >= 4 is 5.82 Å². The normalized spacial score (nSPS) is 10.0. The van der Waals surface area contributed by atoms with Crippen molar-refractivity contribution in [3.8, 4) is 17.6 Å². The molecule has 0 radical (unpaired) electrons. The summed E-state index contributed by atoms with van der Waals surface area (Å²) in [5, 5.41) is 20.6. The van der Waals surface area contributed by atoms with Crippen molar-refractivity contribution in [2.75, 3.05) is 26.1 Å². The number of benzene rings is 1. The van der Waals surface area contributed by atoms with Crippen molar-refractivity contribution in [1.29, 1.82) is 5.26 Å². The number of nitrogens with zero attached hydrogens (tertiary/aromatic N) is 3. The fourth-order valence-corrected chi connectivity index (χ4v) is 2.23. The molecule has 1 aromatic heterocycles. The Kier molecular flexibility index (Phi) is 5.36. The first-order valence-corrected chi connectivity index (χ1v) is 7.29. The Bertz CT molecular complexity index is 738. The molecule has 0 unspecified atom stereocenters. The summed E-state index contributed by atoms with van der Waals surface area (Å²) in [6.45, 7) is 4.36. The number of anilines is 1. The number of ether oxygens (including phenoxy) is 2. The molecular formula is C17H20N4O2. The summed E-state index contributed by atoms with van der Waals surface area (Å²) in [6.07, 6.45) is 0.764. The Balaban J connectivity index is 2.06. The van der Waals surface area contributed by atoms with Gasteiger partial charge >= 0.3 is 0 Å². The lowest BCUT2D eigenvalue weighted by molar-refractivity contribution is 0.354. The van der Waals surface area contributed by atoms with E-state index in [2.05, 4.69) is 21.6 Å². The largest absolute Gasteiger partial charge is 0.493 e. The van der Waals surface area contributed by atoms with Crippen molar-refractivity contribution < 1.29 is 9.47 Å². The molecule has 0 aliphatic heterocycles. The van der Waals surface area contributed by atoms with Crippen molar-refractivity contribution in [2.24, 2.45) is 0 Å². The van der Waals surface area contributed by atoms with E-state index < -0.39 is 0 Å². The zero-order chi connectivity index (χ0) is 16.8. The molecule has 2 rings (SSSR count). The van der Waals surface area contributed by atoms with Crippen LogP contribution in [-0.4, -0.2) is 31.0 Å². The number of nitrogens with one attached hydrogen (secondary N) is 1. The molecular weight excluding hydrogens is 292 g/mol. The van der Waals surface area contributed by atoms with E-state index in [9.17, 15) is 5.26 Å². The van der Waals surface area contributed by atoms with Gasteiger partial charge in [0.2, 0.25) is 0 Å². The van der Waals surface area contributed by atoms with Crippen LogP contribution in [0.25, 0.3) is 0 Å². The molecule has 0 atom stereocenters. The summed E-state index contributed by atoms with van der Waals surface area (Å²) < 4.78 is 10.5. The summed E-state index contributed by atoms with van der Waals surface area (Å²) in [6, 6.07) is 7.99. The predicted octanol–water partition coefficient (Wildman–Crippen LogP) is 2.64. The van der Waals surface area contributed by atoms with Gasteiger partial charge in [-0.05, 0) is 43.5 Å². The Morgan fingerprint density at radius 3 is 2.52 bits per heavy atom. The Hall–Kier alpha value is -2.81. The second-order valence-electron chi connectivity index (χ2n) is 5.11. The van der Waals surface area contributed by atoms with Crippen molar-refractivity contribution in [1.82, 2.24) is 10.2 Å². The number of methoxy groups -OCH3 is 2. The maximum atomic E-state index is 9.28. The van der Waals surface area contributed by atoms with Gasteiger partial charge in [-0.2, -0.15) is 10.4 Å². The molecule has 0 bridgehead atoms. The number of hydrogen-bond donors (Lipinski definition) is 1. The molecule has 6 heteroatoms. The van der Waals surface area contributed by atoms with Crippen LogP contribution in [0.4, 0.5) is 5.82 Å². The molecule has 1 aromatic carbocycles. The third-order valence-electron chi connectivity index (χ3n) is 3.72. The number of aromatic nitrogens is 2. The van der Waals surface area contributed by atoms with E-state index in [1.54, 1.807) is 14.2 Å². The van der Waals surface area contributed by atoms with E-state index >= 15 is 0 Å². The number of aryl methyl sites for hydroxylation is 1. The van der Waals surface area contributed by atoms with E-state index in [-0.39, 0.29) is 0 Å². The highest BCUT2D eigenvalue weighted by Crippen LogP contribution is 2.27. The minimum absolute atomic E-state index is 0.524. The second kappa shape index (κ2) is 7.45. The standard InChI is InChI=1S/C17H20N4O2/c1-11-12(2)20-21-17(14(11)10-18)19-8-7-13-5-6-15(22-3)16(9-13)23-4/h5-6,9H,7-8H2,1-4H3,(H,19,21). The monoisotopic (exact) mass is 312 g/mol. The van der Waals surface area contributed by atoms with Crippen LogP contribution >= 0.6 is 0 Å². The fourth-order valence-electron chi connectivity index (χ4n) is 2.23. The summed E-state index contributed by atoms with van der Waals surface area (Å²) in [7, 11) is 3.23. The van der Waals surface area contributed by atoms with Gasteiger partial charge in [0.1, 0.15) is 11.6 Å². The van der Waals surface area contributed by atoms with Gasteiger partial charge in [-0.3, -0.25) is 0 Å². The molecule has 0 saturated carbocycles. The van der Waals surface area contributed by atoms with Crippen molar-refractivity contribution in [2.45, 2.75) is 20.3 Å². The summed E-state index contributed by atoms with van der Waals surface area (Å²) in [4.78, 5) is 0. The quantitative estimate of drug-likeness (QED) is 0.883. The van der Waals surface area contributed by atoms with Gasteiger partial charge in [-0.1, -0.05) is 6.07 Å².